The molecule has 120 valence electrons. The number of benzene rings is 1. The first-order chi connectivity index (χ1) is 10.6. The highest BCUT2D eigenvalue weighted by molar-refractivity contribution is 6.30. The van der Waals surface area contributed by atoms with Gasteiger partial charge in [-0.05, 0) is 37.0 Å². The fraction of sp³-hybridized carbons (Fsp3) is 0.611. The number of piperazine rings is 1. The molecule has 1 saturated heterocycles. The molecule has 2 fully saturated rings. The second kappa shape index (κ2) is 7.01. The maximum absolute atomic E-state index is 12.5. The molecule has 1 aromatic carbocycles. The van der Waals surface area contributed by atoms with E-state index in [1.54, 1.807) is 12.1 Å². The van der Waals surface area contributed by atoms with E-state index in [2.05, 4.69) is 11.8 Å². The van der Waals surface area contributed by atoms with Crippen LogP contribution in [0.1, 0.15) is 43.0 Å². The minimum atomic E-state index is 0.110. The lowest BCUT2D eigenvalue weighted by atomic mass is 9.86. The van der Waals surface area contributed by atoms with Crippen LogP contribution in [0, 0.1) is 5.92 Å². The van der Waals surface area contributed by atoms with Crippen LogP contribution in [-0.2, 0) is 0 Å². The normalized spacial score (nSPS) is 26.9. The summed E-state index contributed by atoms with van der Waals surface area (Å²) in [5.74, 6) is 0.962. The molecule has 0 N–H and O–H groups in total. The number of hydrogen-bond donors (Lipinski definition) is 0. The summed E-state index contributed by atoms with van der Waals surface area (Å²) in [4.78, 5) is 17.1. The van der Waals surface area contributed by atoms with Gasteiger partial charge in [0, 0.05) is 42.8 Å². The highest BCUT2D eigenvalue weighted by atomic mass is 35.5. The summed E-state index contributed by atoms with van der Waals surface area (Å²) in [6, 6.07) is 7.99. The number of carbonyl (C=O) groups excluding carboxylic acids is 1. The van der Waals surface area contributed by atoms with Gasteiger partial charge in [0.1, 0.15) is 0 Å². The van der Waals surface area contributed by atoms with E-state index in [0.29, 0.717) is 10.6 Å². The molecule has 2 atom stereocenters. The minimum absolute atomic E-state index is 0.110. The van der Waals surface area contributed by atoms with Gasteiger partial charge in [-0.15, -0.1) is 0 Å². The molecule has 1 aliphatic carbocycles. The molecule has 4 heteroatoms. The molecule has 0 bridgehead atoms. The van der Waals surface area contributed by atoms with E-state index in [-0.39, 0.29) is 5.91 Å². The van der Waals surface area contributed by atoms with Crippen LogP contribution in [-0.4, -0.2) is 47.9 Å². The summed E-state index contributed by atoms with van der Waals surface area (Å²) >= 11 is 5.99. The third kappa shape index (κ3) is 3.64. The average Bonchev–Trinajstić information content (AvgIpc) is 2.54. The van der Waals surface area contributed by atoms with Crippen LogP contribution in [0.2, 0.25) is 5.02 Å². The van der Waals surface area contributed by atoms with Crippen molar-refractivity contribution in [1.82, 2.24) is 9.80 Å². The molecule has 1 aliphatic heterocycles. The summed E-state index contributed by atoms with van der Waals surface area (Å²) in [6.07, 6.45) is 5.38. The molecule has 2 aliphatic rings. The number of halogens is 1. The summed E-state index contributed by atoms with van der Waals surface area (Å²) in [7, 11) is 0. The molecule has 3 rings (SSSR count). The van der Waals surface area contributed by atoms with Crippen molar-refractivity contribution < 1.29 is 4.79 Å². The van der Waals surface area contributed by atoms with E-state index in [9.17, 15) is 4.79 Å². The number of hydrogen-bond acceptors (Lipinski definition) is 2. The van der Waals surface area contributed by atoms with E-state index in [0.717, 1.165) is 38.1 Å². The molecule has 3 nitrogen and oxygen atoms in total. The van der Waals surface area contributed by atoms with Crippen molar-refractivity contribution in [3.63, 3.8) is 0 Å². The molecule has 1 amide bonds. The molecule has 2 unspecified atom stereocenters. The van der Waals surface area contributed by atoms with Gasteiger partial charge < -0.3 is 4.90 Å². The summed E-state index contributed by atoms with van der Waals surface area (Å²) < 4.78 is 0. The fourth-order valence-corrected chi connectivity index (χ4v) is 4.02. The standard InChI is InChI=1S/C18H25ClN2O/c1-14-4-2-7-17(12-14)20-8-10-21(11-9-20)18(22)15-5-3-6-16(19)13-15/h3,5-6,13-14,17H,2,4,7-12H2,1H3. The van der Waals surface area contributed by atoms with Crippen molar-refractivity contribution in [3.05, 3.63) is 34.9 Å². The maximum atomic E-state index is 12.5. The quantitative estimate of drug-likeness (QED) is 0.830. The fourth-order valence-electron chi connectivity index (χ4n) is 3.83. The average molecular weight is 321 g/mol. The molecule has 1 saturated carbocycles. The van der Waals surface area contributed by atoms with Gasteiger partial charge in [-0.3, -0.25) is 9.69 Å². The number of carbonyl (C=O) groups is 1. The predicted molar refractivity (Wildman–Crippen MR) is 90.3 cm³/mol. The SMILES string of the molecule is CC1CCCC(N2CCN(C(=O)c3cccc(Cl)c3)CC2)C1. The van der Waals surface area contributed by atoms with Crippen molar-refractivity contribution >= 4 is 17.5 Å². The van der Waals surface area contributed by atoms with Crippen molar-refractivity contribution in [2.24, 2.45) is 5.92 Å². The van der Waals surface area contributed by atoms with Crippen LogP contribution >= 0.6 is 11.6 Å². The monoisotopic (exact) mass is 320 g/mol. The van der Waals surface area contributed by atoms with Crippen LogP contribution in [0.15, 0.2) is 24.3 Å². The highest BCUT2D eigenvalue weighted by Gasteiger charge is 2.29. The second-order valence-corrected chi connectivity index (χ2v) is 7.20. The zero-order valence-corrected chi connectivity index (χ0v) is 14.1. The highest BCUT2D eigenvalue weighted by Crippen LogP contribution is 2.28. The molecular weight excluding hydrogens is 296 g/mol. The van der Waals surface area contributed by atoms with Crippen molar-refractivity contribution in [2.45, 2.75) is 38.6 Å². The Balaban J connectivity index is 1.56. The van der Waals surface area contributed by atoms with Gasteiger partial charge in [0.2, 0.25) is 0 Å². The van der Waals surface area contributed by atoms with Crippen molar-refractivity contribution in [2.75, 3.05) is 26.2 Å². The Bertz CT molecular complexity index is 526. The molecule has 0 spiro atoms. The molecule has 0 radical (unpaired) electrons. The Morgan fingerprint density at radius 3 is 2.64 bits per heavy atom. The molecule has 0 aromatic heterocycles. The first-order valence-corrected chi connectivity index (χ1v) is 8.80. The van der Waals surface area contributed by atoms with Crippen LogP contribution in [0.25, 0.3) is 0 Å². The van der Waals surface area contributed by atoms with Crippen molar-refractivity contribution in [3.8, 4) is 0 Å². The first-order valence-electron chi connectivity index (χ1n) is 8.42. The van der Waals surface area contributed by atoms with Crippen molar-refractivity contribution in [1.29, 1.82) is 0 Å². The van der Waals surface area contributed by atoms with E-state index in [4.69, 9.17) is 11.6 Å². The van der Waals surface area contributed by atoms with Crippen LogP contribution < -0.4 is 0 Å². The molecule has 22 heavy (non-hydrogen) atoms. The third-order valence-corrected chi connectivity index (χ3v) is 5.33. The van der Waals surface area contributed by atoms with E-state index >= 15 is 0 Å². The zero-order valence-electron chi connectivity index (χ0n) is 13.3. The lowest BCUT2D eigenvalue weighted by molar-refractivity contribution is 0.0489. The van der Waals surface area contributed by atoms with E-state index in [1.807, 2.05) is 17.0 Å². The topological polar surface area (TPSA) is 23.6 Å². The maximum Gasteiger partial charge on any atom is 0.253 e. The minimum Gasteiger partial charge on any atom is -0.336 e. The first kappa shape index (κ1) is 15.8. The summed E-state index contributed by atoms with van der Waals surface area (Å²) in [5.41, 5.74) is 0.701. The van der Waals surface area contributed by atoms with E-state index < -0.39 is 0 Å². The molecule has 1 heterocycles. The summed E-state index contributed by atoms with van der Waals surface area (Å²) in [6.45, 7) is 6.03. The number of amides is 1. The lowest BCUT2D eigenvalue weighted by Gasteiger charge is -2.42. The number of rotatable bonds is 2. The van der Waals surface area contributed by atoms with Gasteiger partial charge >= 0.3 is 0 Å². The smallest absolute Gasteiger partial charge is 0.253 e. The third-order valence-electron chi connectivity index (χ3n) is 5.10. The van der Waals surface area contributed by atoms with E-state index in [1.165, 1.54) is 25.7 Å². The summed E-state index contributed by atoms with van der Waals surface area (Å²) in [5, 5.41) is 0.626. The van der Waals surface area contributed by atoms with Gasteiger partial charge in [-0.2, -0.15) is 0 Å². The van der Waals surface area contributed by atoms with Crippen LogP contribution in [0.3, 0.4) is 0 Å². The largest absolute Gasteiger partial charge is 0.336 e. The Labute approximate surface area is 138 Å². The zero-order chi connectivity index (χ0) is 15.5. The van der Waals surface area contributed by atoms with Gasteiger partial charge in [0.05, 0.1) is 0 Å². The van der Waals surface area contributed by atoms with Gasteiger partial charge in [-0.25, -0.2) is 0 Å². The van der Waals surface area contributed by atoms with Crippen LogP contribution in [0.4, 0.5) is 0 Å². The van der Waals surface area contributed by atoms with Crippen LogP contribution in [0.5, 0.6) is 0 Å². The molecular formula is C18H25ClN2O. The Morgan fingerprint density at radius 1 is 1.18 bits per heavy atom. The second-order valence-electron chi connectivity index (χ2n) is 6.76. The predicted octanol–water partition coefficient (Wildman–Crippen LogP) is 3.68. The van der Waals surface area contributed by atoms with Gasteiger partial charge in [0.15, 0.2) is 0 Å². The number of nitrogens with zero attached hydrogens (tertiary/aromatic N) is 2. The Kier molecular flexibility index (Phi) is 5.04. The lowest BCUT2D eigenvalue weighted by Crippen LogP contribution is -2.52. The molecule has 1 aromatic rings. The van der Waals surface area contributed by atoms with Gasteiger partial charge in [-0.1, -0.05) is 37.4 Å². The Morgan fingerprint density at radius 2 is 1.95 bits per heavy atom. The Hall–Kier alpha value is -1.06. The van der Waals surface area contributed by atoms with Gasteiger partial charge in [0.25, 0.3) is 5.91 Å².